The Hall–Kier alpha value is -3.69. The Morgan fingerprint density at radius 2 is 1.60 bits per heavy atom. The zero-order valence-corrected chi connectivity index (χ0v) is 24.0. The van der Waals surface area contributed by atoms with Gasteiger partial charge in [-0.15, -0.1) is 0 Å². The standard InChI is InChI=1S/C30H32ClN3O5S/c1-3-21(2)32-29(36)26(19-22-9-5-4-6-10-22)33(20-23-13-15-24(31)16-14-23)28(35)17-18-34-30(37)25-11-7-8-12-27(25)40(34,38)39/h4-16,21,26H,3,17-20H2,1-2H3,(H,32,36). The van der Waals surface area contributed by atoms with E-state index in [0.717, 1.165) is 15.4 Å². The molecule has 210 valence electrons. The summed E-state index contributed by atoms with van der Waals surface area (Å²) in [6.45, 7) is 3.61. The number of nitrogens with one attached hydrogen (secondary N) is 1. The molecule has 0 saturated carbocycles. The van der Waals surface area contributed by atoms with Gasteiger partial charge in [-0.1, -0.05) is 73.1 Å². The second-order valence-corrected chi connectivity index (χ2v) is 12.1. The maximum atomic E-state index is 13.8. The highest BCUT2D eigenvalue weighted by atomic mass is 35.5. The number of carbonyl (C=O) groups excluding carboxylic acids is 3. The first kappa shape index (κ1) is 29.3. The van der Waals surface area contributed by atoms with Crippen LogP contribution in [0.5, 0.6) is 0 Å². The third-order valence-electron chi connectivity index (χ3n) is 6.98. The van der Waals surface area contributed by atoms with Crippen molar-refractivity contribution in [3.8, 4) is 0 Å². The van der Waals surface area contributed by atoms with Crippen LogP contribution in [0, 0.1) is 0 Å². The Labute approximate surface area is 240 Å². The molecule has 2 atom stereocenters. The number of fused-ring (bicyclic) bond motifs is 1. The fraction of sp³-hybridized carbons (Fsp3) is 0.300. The number of halogens is 1. The van der Waals surface area contributed by atoms with Gasteiger partial charge < -0.3 is 10.2 Å². The molecule has 0 bridgehead atoms. The van der Waals surface area contributed by atoms with Crippen LogP contribution in [0.3, 0.4) is 0 Å². The van der Waals surface area contributed by atoms with Crippen molar-refractivity contribution in [1.82, 2.24) is 14.5 Å². The van der Waals surface area contributed by atoms with E-state index in [4.69, 9.17) is 11.6 Å². The molecule has 40 heavy (non-hydrogen) atoms. The van der Waals surface area contributed by atoms with Crippen molar-refractivity contribution in [1.29, 1.82) is 0 Å². The van der Waals surface area contributed by atoms with Crippen LogP contribution < -0.4 is 5.32 Å². The maximum absolute atomic E-state index is 13.8. The molecular formula is C30H32ClN3O5S. The molecule has 3 amide bonds. The van der Waals surface area contributed by atoms with Gasteiger partial charge in [-0.2, -0.15) is 0 Å². The first-order valence-corrected chi connectivity index (χ1v) is 15.0. The van der Waals surface area contributed by atoms with Gasteiger partial charge in [-0.3, -0.25) is 14.4 Å². The molecule has 0 fully saturated rings. The van der Waals surface area contributed by atoms with Crippen LogP contribution in [0.4, 0.5) is 0 Å². The molecule has 10 heteroatoms. The van der Waals surface area contributed by atoms with Crippen LogP contribution in [0.1, 0.15) is 48.2 Å². The van der Waals surface area contributed by atoms with E-state index in [0.29, 0.717) is 11.4 Å². The van der Waals surface area contributed by atoms with Crippen molar-refractivity contribution in [3.05, 3.63) is 101 Å². The summed E-state index contributed by atoms with van der Waals surface area (Å²) in [7, 11) is -4.07. The number of hydrogen-bond donors (Lipinski definition) is 1. The predicted octanol–water partition coefficient (Wildman–Crippen LogP) is 4.43. The maximum Gasteiger partial charge on any atom is 0.269 e. The molecule has 1 aliphatic rings. The van der Waals surface area contributed by atoms with Crippen molar-refractivity contribution in [2.75, 3.05) is 6.54 Å². The molecule has 0 aliphatic carbocycles. The summed E-state index contributed by atoms with van der Waals surface area (Å²) in [5, 5.41) is 3.53. The SMILES string of the molecule is CCC(C)NC(=O)C(Cc1ccccc1)N(Cc1ccc(Cl)cc1)C(=O)CCN1C(=O)c2ccccc2S1(=O)=O. The van der Waals surface area contributed by atoms with E-state index in [-0.39, 0.29) is 48.3 Å². The van der Waals surface area contributed by atoms with Gasteiger partial charge in [0.25, 0.3) is 15.9 Å². The predicted molar refractivity (Wildman–Crippen MR) is 153 cm³/mol. The van der Waals surface area contributed by atoms with Gasteiger partial charge >= 0.3 is 0 Å². The lowest BCUT2D eigenvalue weighted by Gasteiger charge is -2.32. The fourth-order valence-corrected chi connectivity index (χ4v) is 6.27. The van der Waals surface area contributed by atoms with Gasteiger partial charge in [0, 0.05) is 37.0 Å². The molecular weight excluding hydrogens is 550 g/mol. The Morgan fingerprint density at radius 1 is 0.950 bits per heavy atom. The summed E-state index contributed by atoms with van der Waals surface area (Å²) in [5.41, 5.74) is 1.71. The fourth-order valence-electron chi connectivity index (χ4n) is 4.57. The van der Waals surface area contributed by atoms with Crippen molar-refractivity contribution in [2.24, 2.45) is 0 Å². The molecule has 1 N–H and O–H groups in total. The molecule has 8 nitrogen and oxygen atoms in total. The number of carbonyl (C=O) groups is 3. The van der Waals surface area contributed by atoms with Gasteiger partial charge in [0.15, 0.2) is 0 Å². The van der Waals surface area contributed by atoms with E-state index in [1.807, 2.05) is 44.2 Å². The third-order valence-corrected chi connectivity index (χ3v) is 9.07. The van der Waals surface area contributed by atoms with Crippen LogP contribution >= 0.6 is 11.6 Å². The minimum absolute atomic E-state index is 0.0691. The van der Waals surface area contributed by atoms with E-state index in [2.05, 4.69) is 5.32 Å². The zero-order chi connectivity index (χ0) is 28.9. The van der Waals surface area contributed by atoms with Crippen LogP contribution in [-0.4, -0.2) is 54.0 Å². The van der Waals surface area contributed by atoms with Crippen LogP contribution in [0.25, 0.3) is 0 Å². The summed E-state index contributed by atoms with van der Waals surface area (Å²) in [5.74, 6) is -1.42. The van der Waals surface area contributed by atoms with Crippen molar-refractivity contribution in [2.45, 2.75) is 56.6 Å². The monoisotopic (exact) mass is 581 g/mol. The molecule has 0 saturated heterocycles. The van der Waals surface area contributed by atoms with E-state index >= 15 is 0 Å². The third kappa shape index (κ3) is 6.54. The van der Waals surface area contributed by atoms with Gasteiger partial charge in [-0.05, 0) is 48.7 Å². The zero-order valence-electron chi connectivity index (χ0n) is 22.4. The van der Waals surface area contributed by atoms with E-state index < -0.39 is 27.9 Å². The molecule has 2 unspecified atom stereocenters. The lowest BCUT2D eigenvalue weighted by molar-refractivity contribution is -0.141. The van der Waals surface area contributed by atoms with Gasteiger partial charge in [0.05, 0.1) is 5.56 Å². The average Bonchev–Trinajstić information content (AvgIpc) is 3.15. The lowest BCUT2D eigenvalue weighted by atomic mass is 10.0. The van der Waals surface area contributed by atoms with Crippen molar-refractivity contribution >= 4 is 39.3 Å². The highest BCUT2D eigenvalue weighted by Crippen LogP contribution is 2.30. The Morgan fingerprint density at radius 3 is 2.25 bits per heavy atom. The summed E-state index contributed by atoms with van der Waals surface area (Å²) >= 11 is 6.07. The lowest BCUT2D eigenvalue weighted by Crippen LogP contribution is -2.52. The van der Waals surface area contributed by atoms with Crippen LogP contribution in [0.15, 0.2) is 83.8 Å². The average molecular weight is 582 g/mol. The number of hydrogen-bond acceptors (Lipinski definition) is 5. The van der Waals surface area contributed by atoms with Crippen molar-refractivity contribution < 1.29 is 22.8 Å². The normalized spacial score (nSPS) is 15.3. The number of rotatable bonds is 11. The highest BCUT2D eigenvalue weighted by molar-refractivity contribution is 7.90. The minimum atomic E-state index is -4.07. The summed E-state index contributed by atoms with van der Waals surface area (Å²) in [4.78, 5) is 41.7. The van der Waals surface area contributed by atoms with Crippen LogP contribution in [-0.2, 0) is 32.6 Å². The smallest absolute Gasteiger partial charge is 0.269 e. The number of amides is 3. The molecule has 3 aromatic rings. The summed E-state index contributed by atoms with van der Waals surface area (Å²) in [6.07, 6.45) is 0.688. The van der Waals surface area contributed by atoms with E-state index in [1.54, 1.807) is 36.4 Å². The Bertz CT molecular complexity index is 1480. The van der Waals surface area contributed by atoms with E-state index in [1.165, 1.54) is 17.0 Å². The summed E-state index contributed by atoms with van der Waals surface area (Å²) < 4.78 is 26.8. The molecule has 0 aromatic heterocycles. The Kier molecular flexibility index (Phi) is 9.27. The van der Waals surface area contributed by atoms with Gasteiger partial charge in [-0.25, -0.2) is 12.7 Å². The van der Waals surface area contributed by atoms with Crippen LogP contribution in [0.2, 0.25) is 5.02 Å². The summed E-state index contributed by atoms with van der Waals surface area (Å²) in [6, 6.07) is 21.4. The quantitative estimate of drug-likeness (QED) is 0.361. The van der Waals surface area contributed by atoms with Crippen molar-refractivity contribution in [3.63, 3.8) is 0 Å². The van der Waals surface area contributed by atoms with E-state index in [9.17, 15) is 22.8 Å². The first-order valence-electron chi connectivity index (χ1n) is 13.2. The number of benzene rings is 3. The topological polar surface area (TPSA) is 104 Å². The van der Waals surface area contributed by atoms with Gasteiger partial charge in [0.1, 0.15) is 10.9 Å². The first-order chi connectivity index (χ1) is 19.1. The molecule has 3 aromatic carbocycles. The number of nitrogens with zero attached hydrogens (tertiary/aromatic N) is 2. The largest absolute Gasteiger partial charge is 0.352 e. The second kappa shape index (κ2) is 12.7. The molecule has 0 radical (unpaired) electrons. The Balaban J connectivity index is 1.64. The highest BCUT2D eigenvalue weighted by Gasteiger charge is 2.41. The minimum Gasteiger partial charge on any atom is -0.352 e. The molecule has 1 aliphatic heterocycles. The molecule has 0 spiro atoms. The van der Waals surface area contributed by atoms with Gasteiger partial charge in [0.2, 0.25) is 11.8 Å². The second-order valence-electron chi connectivity index (χ2n) is 9.80. The molecule has 1 heterocycles. The molecule has 4 rings (SSSR count). The number of sulfonamides is 1.